The molecular weight excluding hydrogens is 356 g/mol. The zero-order valence-electron chi connectivity index (χ0n) is 15.9. The van der Waals surface area contributed by atoms with Crippen LogP contribution in [0.1, 0.15) is 17.5 Å². The molecule has 7 nitrogen and oxygen atoms in total. The van der Waals surface area contributed by atoms with Crippen LogP contribution in [0.25, 0.3) is 10.9 Å². The molecule has 0 aliphatic rings. The Morgan fingerprint density at radius 3 is 2.64 bits per heavy atom. The van der Waals surface area contributed by atoms with Crippen molar-refractivity contribution in [2.45, 2.75) is 13.0 Å². The number of hydrogen-bond acceptors (Lipinski definition) is 6. The number of para-hydroxylation sites is 1. The van der Waals surface area contributed by atoms with E-state index in [9.17, 15) is 0 Å². The number of anilines is 1. The first-order valence-corrected chi connectivity index (χ1v) is 8.69. The normalized spacial score (nSPS) is 9.64. The van der Waals surface area contributed by atoms with Crippen LogP contribution in [0.4, 0.5) is 5.82 Å². The van der Waals surface area contributed by atoms with Crippen molar-refractivity contribution < 1.29 is 9.66 Å². The molecule has 3 aromatic rings. The predicted octanol–water partition coefficient (Wildman–Crippen LogP) is 3.52. The van der Waals surface area contributed by atoms with Crippen molar-refractivity contribution >= 4 is 16.7 Å². The maximum absolute atomic E-state index is 8.81. The van der Waals surface area contributed by atoms with E-state index in [0.29, 0.717) is 6.61 Å². The third-order valence-electron chi connectivity index (χ3n) is 3.63. The fourth-order valence-corrected chi connectivity index (χ4v) is 2.47. The minimum absolute atomic E-state index is 0.500. The van der Waals surface area contributed by atoms with Crippen molar-refractivity contribution in [3.63, 3.8) is 0 Å². The molecule has 1 heterocycles. The maximum Gasteiger partial charge on any atom is 0.194 e. The fraction of sp³-hybridized carbons (Fsp3) is 0.238. The molecule has 7 heteroatoms. The van der Waals surface area contributed by atoms with E-state index < -0.39 is 4.92 Å². The van der Waals surface area contributed by atoms with Crippen LogP contribution in [0.3, 0.4) is 0 Å². The van der Waals surface area contributed by atoms with Crippen molar-refractivity contribution in [2.75, 3.05) is 26.0 Å². The van der Waals surface area contributed by atoms with Gasteiger partial charge in [-0.05, 0) is 23.8 Å². The molecule has 0 spiro atoms. The minimum Gasteiger partial charge on any atom is -0.380 e. The highest BCUT2D eigenvalue weighted by molar-refractivity contribution is 5.88. The number of nitro groups is 1. The summed E-state index contributed by atoms with van der Waals surface area (Å²) in [7, 11) is 2.58. The highest BCUT2D eigenvalue weighted by atomic mass is 16.6. The number of fused-ring (bicyclic) bond motifs is 1. The summed E-state index contributed by atoms with van der Waals surface area (Å²) in [5, 5.41) is 13.2. The van der Waals surface area contributed by atoms with Crippen molar-refractivity contribution in [2.24, 2.45) is 0 Å². The molecule has 0 fully saturated rings. The van der Waals surface area contributed by atoms with Gasteiger partial charge in [0.2, 0.25) is 0 Å². The highest BCUT2D eigenvalue weighted by Crippen LogP contribution is 2.18. The molecule has 28 heavy (non-hydrogen) atoms. The lowest BCUT2D eigenvalue weighted by Crippen LogP contribution is -2.03. The zero-order valence-corrected chi connectivity index (χ0v) is 15.9. The molecule has 0 aliphatic carbocycles. The van der Waals surface area contributed by atoms with Gasteiger partial charge < -0.3 is 10.1 Å². The topological polar surface area (TPSA) is 90.2 Å². The molecular formula is C21H22N4O3. The Morgan fingerprint density at radius 2 is 1.86 bits per heavy atom. The Morgan fingerprint density at radius 1 is 1.14 bits per heavy atom. The second kappa shape index (κ2) is 11.3. The van der Waals surface area contributed by atoms with Crippen molar-refractivity contribution in [1.82, 2.24) is 9.97 Å². The van der Waals surface area contributed by atoms with Gasteiger partial charge in [-0.2, -0.15) is 0 Å². The van der Waals surface area contributed by atoms with Gasteiger partial charge in [0.25, 0.3) is 0 Å². The Hall–Kier alpha value is -3.50. The van der Waals surface area contributed by atoms with E-state index in [2.05, 4.69) is 27.1 Å². The Bertz CT molecular complexity index is 971. The van der Waals surface area contributed by atoms with Crippen molar-refractivity contribution in [3.8, 4) is 11.8 Å². The van der Waals surface area contributed by atoms with Crippen LogP contribution in [-0.4, -0.2) is 35.6 Å². The Labute approximate surface area is 163 Å². The molecule has 0 aliphatic heterocycles. The average Bonchev–Trinajstić information content (AvgIpc) is 2.69. The van der Waals surface area contributed by atoms with Crippen LogP contribution in [0.15, 0.2) is 54.9 Å². The number of ether oxygens (including phenoxy) is 1. The van der Waals surface area contributed by atoms with Gasteiger partial charge >= 0.3 is 0 Å². The van der Waals surface area contributed by atoms with E-state index in [4.69, 9.17) is 14.9 Å². The van der Waals surface area contributed by atoms with E-state index in [1.807, 2.05) is 48.5 Å². The minimum atomic E-state index is -0.500. The van der Waals surface area contributed by atoms with Crippen LogP contribution < -0.4 is 5.32 Å². The summed E-state index contributed by atoms with van der Waals surface area (Å²) in [6, 6.07) is 16.0. The highest BCUT2D eigenvalue weighted by Gasteiger charge is 2.01. The molecule has 0 atom stereocenters. The fourth-order valence-electron chi connectivity index (χ4n) is 2.47. The van der Waals surface area contributed by atoms with Gasteiger partial charge in [0.15, 0.2) is 7.05 Å². The largest absolute Gasteiger partial charge is 0.380 e. The van der Waals surface area contributed by atoms with Gasteiger partial charge in [-0.1, -0.05) is 42.2 Å². The zero-order chi connectivity index (χ0) is 20.2. The van der Waals surface area contributed by atoms with Crippen LogP contribution in [0.5, 0.6) is 0 Å². The summed E-state index contributed by atoms with van der Waals surface area (Å²) in [6.07, 6.45) is 2.32. The Kier molecular flexibility index (Phi) is 8.37. The number of methoxy groups -OCH3 is 1. The molecule has 0 amide bonds. The van der Waals surface area contributed by atoms with Gasteiger partial charge in [-0.25, -0.2) is 9.97 Å². The van der Waals surface area contributed by atoms with Crippen LogP contribution in [0, 0.1) is 22.0 Å². The number of benzene rings is 2. The molecule has 2 aromatic carbocycles. The van der Waals surface area contributed by atoms with E-state index in [1.54, 1.807) is 13.4 Å². The third-order valence-corrected chi connectivity index (χ3v) is 3.63. The number of hydrogen-bond donors (Lipinski definition) is 1. The molecule has 0 bridgehead atoms. The van der Waals surface area contributed by atoms with Gasteiger partial charge in [0, 0.05) is 35.9 Å². The summed E-state index contributed by atoms with van der Waals surface area (Å²) in [6.45, 7) is 1.32. The molecule has 1 aromatic heterocycles. The number of aromatic nitrogens is 2. The van der Waals surface area contributed by atoms with Crippen LogP contribution in [-0.2, 0) is 11.3 Å². The number of nitrogens with one attached hydrogen (secondary N) is 1. The summed E-state index contributed by atoms with van der Waals surface area (Å²) in [5.74, 6) is 7.28. The number of rotatable bonds is 5. The van der Waals surface area contributed by atoms with E-state index in [1.165, 1.54) is 0 Å². The van der Waals surface area contributed by atoms with Crippen molar-refractivity contribution in [3.05, 3.63) is 76.1 Å². The quantitative estimate of drug-likeness (QED) is 0.316. The average molecular weight is 378 g/mol. The van der Waals surface area contributed by atoms with Gasteiger partial charge in [-0.15, -0.1) is 0 Å². The van der Waals surface area contributed by atoms with Gasteiger partial charge in [-0.3, -0.25) is 10.1 Å². The third kappa shape index (κ3) is 6.67. The standard InChI is InChI=1S/C20H19N3O.CH3NO2/c1-24-14-17-10-3-2-8-16(17)9-6-7-13-21-20-18-11-4-5-12-19(18)22-15-23-20;1-2(3)4/h2-5,8,10-12,15H,7,13-14H2,1H3,(H,21,22,23);1H3. The first-order chi connectivity index (χ1) is 13.6. The summed E-state index contributed by atoms with van der Waals surface area (Å²) >= 11 is 0. The summed E-state index contributed by atoms with van der Waals surface area (Å²) in [4.78, 5) is 16.9. The molecule has 1 N–H and O–H groups in total. The molecule has 144 valence electrons. The van der Waals surface area contributed by atoms with E-state index >= 15 is 0 Å². The monoisotopic (exact) mass is 378 g/mol. The lowest BCUT2D eigenvalue weighted by Gasteiger charge is -2.06. The van der Waals surface area contributed by atoms with E-state index in [-0.39, 0.29) is 0 Å². The van der Waals surface area contributed by atoms with Gasteiger partial charge in [0.05, 0.1) is 12.1 Å². The predicted molar refractivity (Wildman–Crippen MR) is 110 cm³/mol. The second-order valence-corrected chi connectivity index (χ2v) is 5.75. The molecule has 0 radical (unpaired) electrons. The summed E-state index contributed by atoms with van der Waals surface area (Å²) in [5.41, 5.74) is 3.07. The molecule has 0 unspecified atom stereocenters. The molecule has 0 saturated carbocycles. The molecule has 0 saturated heterocycles. The van der Waals surface area contributed by atoms with Crippen LogP contribution >= 0.6 is 0 Å². The first kappa shape index (κ1) is 20.8. The van der Waals surface area contributed by atoms with Gasteiger partial charge in [0.1, 0.15) is 12.1 Å². The van der Waals surface area contributed by atoms with E-state index in [0.717, 1.165) is 47.9 Å². The number of nitrogens with zero attached hydrogens (tertiary/aromatic N) is 3. The summed E-state index contributed by atoms with van der Waals surface area (Å²) < 4.78 is 5.20. The molecule has 3 rings (SSSR count). The first-order valence-electron chi connectivity index (χ1n) is 8.69. The lowest BCUT2D eigenvalue weighted by atomic mass is 10.1. The second-order valence-electron chi connectivity index (χ2n) is 5.75. The lowest BCUT2D eigenvalue weighted by molar-refractivity contribution is -0.445. The maximum atomic E-state index is 8.81. The van der Waals surface area contributed by atoms with Crippen LogP contribution in [0.2, 0.25) is 0 Å². The van der Waals surface area contributed by atoms with Crippen molar-refractivity contribution in [1.29, 1.82) is 0 Å². The Balaban J connectivity index is 0.000000640. The SMILES string of the molecule is COCc1ccccc1C#CCCNc1ncnc2ccccc12.C[N+](=O)[O-]. The smallest absolute Gasteiger partial charge is 0.194 e.